The second-order valence-electron chi connectivity index (χ2n) is 3.37. The zero-order chi connectivity index (χ0) is 9.14. The largest absolute Gasteiger partial charge is 0.481 e. The fourth-order valence-electron chi connectivity index (χ4n) is 1.38. The molecule has 1 saturated heterocycles. The van der Waals surface area contributed by atoms with E-state index >= 15 is 0 Å². The Morgan fingerprint density at radius 2 is 2.17 bits per heavy atom. The van der Waals surface area contributed by atoms with Crippen LogP contribution in [-0.4, -0.2) is 46.3 Å². The van der Waals surface area contributed by atoms with Crippen molar-refractivity contribution in [2.24, 2.45) is 0 Å². The van der Waals surface area contributed by atoms with Gasteiger partial charge >= 0.3 is 5.97 Å². The maximum Gasteiger partial charge on any atom is 0.304 e. The van der Waals surface area contributed by atoms with Crippen LogP contribution in [0.4, 0.5) is 0 Å². The first kappa shape index (κ1) is 9.48. The summed E-state index contributed by atoms with van der Waals surface area (Å²) >= 11 is 0. The van der Waals surface area contributed by atoms with E-state index in [0.717, 1.165) is 13.1 Å². The average Bonchev–Trinajstić information content (AvgIpc) is 2.63. The first-order valence-corrected chi connectivity index (χ1v) is 4.23. The molecular formula is C8H15NO3. The van der Waals surface area contributed by atoms with Gasteiger partial charge in [0.15, 0.2) is 0 Å². The molecular weight excluding hydrogens is 158 g/mol. The molecule has 4 nitrogen and oxygen atoms in total. The second-order valence-corrected chi connectivity index (χ2v) is 3.37. The van der Waals surface area contributed by atoms with Crippen LogP contribution in [-0.2, 0) is 4.79 Å². The van der Waals surface area contributed by atoms with Crippen molar-refractivity contribution in [1.82, 2.24) is 4.90 Å². The first-order valence-electron chi connectivity index (χ1n) is 4.23. The van der Waals surface area contributed by atoms with E-state index in [4.69, 9.17) is 10.2 Å². The zero-order valence-corrected chi connectivity index (χ0v) is 7.23. The Morgan fingerprint density at radius 3 is 2.50 bits per heavy atom. The van der Waals surface area contributed by atoms with E-state index in [0.29, 0.717) is 6.42 Å². The highest BCUT2D eigenvalue weighted by Gasteiger charge is 2.29. The van der Waals surface area contributed by atoms with Crippen molar-refractivity contribution in [1.29, 1.82) is 0 Å². The Hall–Kier alpha value is -0.610. The fourth-order valence-corrected chi connectivity index (χ4v) is 1.38. The van der Waals surface area contributed by atoms with Gasteiger partial charge in [0.1, 0.15) is 0 Å². The van der Waals surface area contributed by atoms with Crippen LogP contribution in [0.3, 0.4) is 0 Å². The fraction of sp³-hybridized carbons (Fsp3) is 0.875. The van der Waals surface area contributed by atoms with Gasteiger partial charge in [-0.2, -0.15) is 0 Å². The third-order valence-electron chi connectivity index (χ3n) is 2.02. The van der Waals surface area contributed by atoms with Gasteiger partial charge in [-0.15, -0.1) is 0 Å². The molecule has 12 heavy (non-hydrogen) atoms. The van der Waals surface area contributed by atoms with E-state index in [1.165, 1.54) is 0 Å². The van der Waals surface area contributed by atoms with Crippen LogP contribution >= 0.6 is 0 Å². The van der Waals surface area contributed by atoms with Crippen LogP contribution in [0.25, 0.3) is 0 Å². The van der Waals surface area contributed by atoms with Gasteiger partial charge in [0.05, 0.1) is 12.5 Å². The molecule has 0 saturated carbocycles. The Morgan fingerprint density at radius 1 is 1.58 bits per heavy atom. The van der Waals surface area contributed by atoms with Gasteiger partial charge in [-0.25, -0.2) is 0 Å². The van der Waals surface area contributed by atoms with E-state index < -0.39 is 12.1 Å². The second kappa shape index (κ2) is 3.87. The average molecular weight is 173 g/mol. The van der Waals surface area contributed by atoms with Crippen molar-refractivity contribution in [3.05, 3.63) is 0 Å². The van der Waals surface area contributed by atoms with Crippen LogP contribution in [0.2, 0.25) is 0 Å². The number of carbonyl (C=O) groups is 1. The monoisotopic (exact) mass is 173 g/mol. The summed E-state index contributed by atoms with van der Waals surface area (Å²) in [4.78, 5) is 12.5. The Balaban J connectivity index is 2.32. The van der Waals surface area contributed by atoms with E-state index in [1.54, 1.807) is 6.92 Å². The summed E-state index contributed by atoms with van der Waals surface area (Å²) in [5.41, 5.74) is 0. The van der Waals surface area contributed by atoms with Gasteiger partial charge in [-0.3, -0.25) is 9.69 Å². The van der Waals surface area contributed by atoms with E-state index in [1.807, 2.05) is 0 Å². The smallest absolute Gasteiger partial charge is 0.304 e. The summed E-state index contributed by atoms with van der Waals surface area (Å²) in [5, 5.41) is 17.7. The summed E-state index contributed by atoms with van der Waals surface area (Å²) in [7, 11) is 0. The molecule has 0 spiro atoms. The predicted molar refractivity (Wildman–Crippen MR) is 43.9 cm³/mol. The highest BCUT2D eigenvalue weighted by molar-refractivity contribution is 5.67. The van der Waals surface area contributed by atoms with Crippen molar-refractivity contribution in [3.8, 4) is 0 Å². The lowest BCUT2D eigenvalue weighted by Crippen LogP contribution is -2.26. The summed E-state index contributed by atoms with van der Waals surface area (Å²) in [6, 6.07) is 0.0301. The summed E-state index contributed by atoms with van der Waals surface area (Å²) in [6.45, 7) is 3.65. The maximum atomic E-state index is 10.4. The minimum Gasteiger partial charge on any atom is -0.481 e. The molecule has 1 heterocycles. The normalized spacial score (nSPS) is 21.8. The van der Waals surface area contributed by atoms with Crippen LogP contribution in [0, 0.1) is 0 Å². The molecule has 1 aliphatic heterocycles. The number of aliphatic hydroxyl groups excluding tert-OH is 1. The molecule has 1 aliphatic rings. The summed E-state index contributed by atoms with van der Waals surface area (Å²) < 4.78 is 0. The number of rotatable bonds is 5. The van der Waals surface area contributed by atoms with Crippen LogP contribution in [0.1, 0.15) is 19.8 Å². The molecule has 4 heteroatoms. The molecule has 1 fully saturated rings. The van der Waals surface area contributed by atoms with Gasteiger partial charge < -0.3 is 10.2 Å². The molecule has 0 aliphatic carbocycles. The molecule has 2 N–H and O–H groups in total. The van der Waals surface area contributed by atoms with Crippen LogP contribution in [0.15, 0.2) is 0 Å². The Labute approximate surface area is 71.8 Å². The zero-order valence-electron chi connectivity index (χ0n) is 7.23. The highest BCUT2D eigenvalue weighted by Crippen LogP contribution is 2.18. The van der Waals surface area contributed by atoms with Crippen molar-refractivity contribution < 1.29 is 15.0 Å². The number of carboxylic acid groups (broad SMARTS) is 1. The standard InChI is InChI=1S/C8H15NO3/c1-6(10)4-7(5-8(11)12)9-2-3-9/h6-7,10H,2-5H2,1H3,(H,11,12). The van der Waals surface area contributed by atoms with E-state index in [-0.39, 0.29) is 12.5 Å². The topological polar surface area (TPSA) is 60.5 Å². The maximum absolute atomic E-state index is 10.4. The van der Waals surface area contributed by atoms with Gasteiger partial charge in [0.25, 0.3) is 0 Å². The van der Waals surface area contributed by atoms with Crippen molar-refractivity contribution in [2.75, 3.05) is 13.1 Å². The van der Waals surface area contributed by atoms with Gasteiger partial charge in [-0.1, -0.05) is 0 Å². The molecule has 2 atom stereocenters. The number of nitrogens with zero attached hydrogens (tertiary/aromatic N) is 1. The quantitative estimate of drug-likeness (QED) is 0.571. The van der Waals surface area contributed by atoms with Crippen molar-refractivity contribution in [2.45, 2.75) is 31.9 Å². The predicted octanol–water partition coefficient (Wildman–Crippen LogP) is -0.0838. The summed E-state index contributed by atoms with van der Waals surface area (Å²) in [5.74, 6) is -0.785. The van der Waals surface area contributed by atoms with Gasteiger partial charge in [0.2, 0.25) is 0 Å². The molecule has 2 unspecified atom stereocenters. The number of aliphatic hydroxyl groups is 1. The Kier molecular flexibility index (Phi) is 3.05. The lowest BCUT2D eigenvalue weighted by molar-refractivity contribution is -0.138. The highest BCUT2D eigenvalue weighted by atomic mass is 16.4. The van der Waals surface area contributed by atoms with Crippen molar-refractivity contribution in [3.63, 3.8) is 0 Å². The number of carboxylic acids is 1. The molecule has 0 bridgehead atoms. The van der Waals surface area contributed by atoms with Crippen LogP contribution in [0.5, 0.6) is 0 Å². The molecule has 0 amide bonds. The molecule has 0 aromatic carbocycles. The third-order valence-corrected chi connectivity index (χ3v) is 2.02. The minimum atomic E-state index is -0.785. The number of hydrogen-bond donors (Lipinski definition) is 2. The Bertz CT molecular complexity index is 166. The van der Waals surface area contributed by atoms with Gasteiger partial charge in [0, 0.05) is 19.1 Å². The van der Waals surface area contributed by atoms with E-state index in [9.17, 15) is 4.79 Å². The number of hydrogen-bond acceptors (Lipinski definition) is 3. The molecule has 1 rings (SSSR count). The lowest BCUT2D eigenvalue weighted by Gasteiger charge is -2.17. The summed E-state index contributed by atoms with van der Waals surface area (Å²) in [6.07, 6.45) is 0.298. The molecule has 0 aromatic heterocycles. The number of aliphatic carboxylic acids is 1. The third kappa shape index (κ3) is 3.19. The SMILES string of the molecule is CC(O)CC(CC(=O)O)N1CC1. The van der Waals surface area contributed by atoms with Gasteiger partial charge in [-0.05, 0) is 13.3 Å². The van der Waals surface area contributed by atoms with Crippen LogP contribution < -0.4 is 0 Å². The van der Waals surface area contributed by atoms with Crippen molar-refractivity contribution >= 4 is 5.97 Å². The minimum absolute atomic E-state index is 0.0301. The lowest BCUT2D eigenvalue weighted by atomic mass is 10.1. The first-order chi connectivity index (χ1) is 5.59. The molecule has 0 aromatic rings. The molecule has 0 radical (unpaired) electrons. The molecule has 70 valence electrons. The van der Waals surface area contributed by atoms with E-state index in [2.05, 4.69) is 4.90 Å².